The maximum atomic E-state index is 4.29. The molecule has 1 atom stereocenters. The normalized spacial score (nSPS) is 12.3. The van der Waals surface area contributed by atoms with Gasteiger partial charge in [0.15, 0.2) is 0 Å². The molecule has 0 radical (unpaired) electrons. The predicted octanol–water partition coefficient (Wildman–Crippen LogP) is 3.32. The number of hydrogen-bond donors (Lipinski definition) is 1. The fourth-order valence-corrected chi connectivity index (χ4v) is 3.06. The number of nitrogens with one attached hydrogen (secondary N) is 1. The maximum absolute atomic E-state index is 4.29. The first-order valence-corrected chi connectivity index (χ1v) is 7.99. The van der Waals surface area contributed by atoms with Gasteiger partial charge in [-0.15, -0.1) is 11.3 Å². The molecular formula is C16H23N3S. The quantitative estimate of drug-likeness (QED) is 0.847. The summed E-state index contributed by atoms with van der Waals surface area (Å²) in [5.41, 5.74) is 2.53. The molecule has 2 rings (SSSR count). The molecule has 0 aromatic carbocycles. The molecule has 0 aliphatic heterocycles. The van der Waals surface area contributed by atoms with Crippen LogP contribution >= 0.6 is 11.3 Å². The molecule has 0 bridgehead atoms. The van der Waals surface area contributed by atoms with Crippen LogP contribution in [0.4, 0.5) is 5.69 Å². The molecule has 4 heteroatoms. The summed E-state index contributed by atoms with van der Waals surface area (Å²) in [6.45, 7) is 6.27. The highest BCUT2D eigenvalue weighted by molar-refractivity contribution is 7.09. The number of likely N-dealkylation sites (N-methyl/N-ethyl adjacent to an activating group) is 1. The number of anilines is 1. The molecule has 20 heavy (non-hydrogen) atoms. The van der Waals surface area contributed by atoms with Gasteiger partial charge < -0.3 is 10.2 Å². The minimum atomic E-state index is 0.457. The summed E-state index contributed by atoms with van der Waals surface area (Å²) in [5, 5.41) is 5.53. The average Bonchev–Trinajstić information content (AvgIpc) is 2.97. The molecule has 3 nitrogen and oxygen atoms in total. The van der Waals surface area contributed by atoms with Crippen LogP contribution in [0, 0.1) is 0 Å². The van der Waals surface area contributed by atoms with E-state index in [1.165, 1.54) is 16.1 Å². The van der Waals surface area contributed by atoms with Gasteiger partial charge in [0.2, 0.25) is 0 Å². The highest BCUT2D eigenvalue weighted by atomic mass is 32.1. The average molecular weight is 289 g/mol. The summed E-state index contributed by atoms with van der Waals surface area (Å²) in [7, 11) is 2.16. The Balaban J connectivity index is 2.09. The minimum absolute atomic E-state index is 0.457. The fourth-order valence-electron chi connectivity index (χ4n) is 2.24. The molecule has 2 heterocycles. The molecule has 1 N–H and O–H groups in total. The van der Waals surface area contributed by atoms with E-state index in [4.69, 9.17) is 0 Å². The second-order valence-corrected chi connectivity index (χ2v) is 6.06. The molecule has 0 aliphatic carbocycles. The van der Waals surface area contributed by atoms with Gasteiger partial charge in [0, 0.05) is 37.1 Å². The van der Waals surface area contributed by atoms with Gasteiger partial charge in [-0.1, -0.05) is 13.0 Å². The van der Waals surface area contributed by atoms with Crippen LogP contribution in [0.3, 0.4) is 0 Å². The van der Waals surface area contributed by atoms with E-state index in [-0.39, 0.29) is 0 Å². The third-order valence-corrected chi connectivity index (χ3v) is 4.47. The second kappa shape index (κ2) is 7.41. The summed E-state index contributed by atoms with van der Waals surface area (Å²) in [4.78, 5) is 8.05. The molecule has 0 saturated carbocycles. The van der Waals surface area contributed by atoms with Crippen molar-refractivity contribution in [3.63, 3.8) is 0 Å². The molecule has 0 spiro atoms. The second-order valence-electron chi connectivity index (χ2n) is 5.03. The van der Waals surface area contributed by atoms with Gasteiger partial charge in [-0.2, -0.15) is 0 Å². The summed E-state index contributed by atoms with van der Waals surface area (Å²) >= 11 is 1.83. The smallest absolute Gasteiger partial charge is 0.0598 e. The molecule has 0 saturated heterocycles. The van der Waals surface area contributed by atoms with Gasteiger partial charge in [0.1, 0.15) is 0 Å². The van der Waals surface area contributed by atoms with Crippen molar-refractivity contribution < 1.29 is 0 Å². The van der Waals surface area contributed by atoms with Crippen molar-refractivity contribution in [2.24, 2.45) is 0 Å². The van der Waals surface area contributed by atoms with Gasteiger partial charge in [0.05, 0.1) is 11.9 Å². The molecule has 2 aromatic rings. The first kappa shape index (κ1) is 15.0. The van der Waals surface area contributed by atoms with Gasteiger partial charge in [-0.25, -0.2) is 0 Å². The summed E-state index contributed by atoms with van der Waals surface area (Å²) < 4.78 is 0. The van der Waals surface area contributed by atoms with E-state index >= 15 is 0 Å². The van der Waals surface area contributed by atoms with Gasteiger partial charge in [0.25, 0.3) is 0 Å². The fraction of sp³-hybridized carbons (Fsp3) is 0.438. The number of aromatic nitrogens is 1. The molecule has 0 amide bonds. The highest BCUT2D eigenvalue weighted by Crippen LogP contribution is 2.22. The Morgan fingerprint density at radius 2 is 2.25 bits per heavy atom. The zero-order valence-electron chi connectivity index (χ0n) is 12.5. The lowest BCUT2D eigenvalue weighted by atomic mass is 10.1. The summed E-state index contributed by atoms with van der Waals surface area (Å²) in [6, 6.07) is 6.88. The molecular weight excluding hydrogens is 266 g/mol. The Hall–Kier alpha value is -1.39. The van der Waals surface area contributed by atoms with Crippen molar-refractivity contribution >= 4 is 17.0 Å². The number of nitrogens with zero attached hydrogens (tertiary/aromatic N) is 2. The summed E-state index contributed by atoms with van der Waals surface area (Å²) in [5.74, 6) is 0. The van der Waals surface area contributed by atoms with Crippen LogP contribution in [-0.2, 0) is 13.0 Å². The first-order valence-electron chi connectivity index (χ1n) is 7.11. The van der Waals surface area contributed by atoms with Crippen LogP contribution in [0.2, 0.25) is 0 Å². The van der Waals surface area contributed by atoms with E-state index in [2.05, 4.69) is 59.7 Å². The van der Waals surface area contributed by atoms with Crippen molar-refractivity contribution in [2.75, 3.05) is 18.5 Å². The van der Waals surface area contributed by atoms with Crippen LogP contribution in [0.1, 0.15) is 24.3 Å². The van der Waals surface area contributed by atoms with E-state index in [0.29, 0.717) is 6.04 Å². The SMILES string of the molecule is CCNCc1ccncc1N(C)C(C)Cc1cccs1. The zero-order valence-corrected chi connectivity index (χ0v) is 13.3. The molecule has 0 fully saturated rings. The Kier molecular flexibility index (Phi) is 5.56. The van der Waals surface area contributed by atoms with Crippen LogP contribution in [0.15, 0.2) is 36.0 Å². The van der Waals surface area contributed by atoms with Gasteiger partial charge >= 0.3 is 0 Å². The van der Waals surface area contributed by atoms with Gasteiger partial charge in [-0.05, 0) is 36.5 Å². The molecule has 0 aliphatic rings. The van der Waals surface area contributed by atoms with E-state index in [1.54, 1.807) is 0 Å². The lowest BCUT2D eigenvalue weighted by Gasteiger charge is -2.28. The van der Waals surface area contributed by atoms with E-state index in [9.17, 15) is 0 Å². The largest absolute Gasteiger partial charge is 0.370 e. The van der Waals surface area contributed by atoms with Crippen LogP contribution in [-0.4, -0.2) is 24.6 Å². The first-order chi connectivity index (χ1) is 9.72. The van der Waals surface area contributed by atoms with Crippen LogP contribution < -0.4 is 10.2 Å². The zero-order chi connectivity index (χ0) is 14.4. The third kappa shape index (κ3) is 3.81. The van der Waals surface area contributed by atoms with Gasteiger partial charge in [-0.3, -0.25) is 4.98 Å². The number of rotatable bonds is 7. The van der Waals surface area contributed by atoms with Crippen molar-refractivity contribution in [3.8, 4) is 0 Å². The number of hydrogen-bond acceptors (Lipinski definition) is 4. The molecule has 108 valence electrons. The Labute approximate surface area is 125 Å². The Bertz CT molecular complexity index is 510. The van der Waals surface area contributed by atoms with Crippen molar-refractivity contribution in [1.82, 2.24) is 10.3 Å². The maximum Gasteiger partial charge on any atom is 0.0598 e. The van der Waals surface area contributed by atoms with Crippen molar-refractivity contribution in [3.05, 3.63) is 46.4 Å². The minimum Gasteiger partial charge on any atom is -0.370 e. The lowest BCUT2D eigenvalue weighted by molar-refractivity contribution is 0.673. The van der Waals surface area contributed by atoms with Crippen molar-refractivity contribution in [2.45, 2.75) is 32.9 Å². The van der Waals surface area contributed by atoms with E-state index in [1.807, 2.05) is 23.7 Å². The standard InChI is InChI=1S/C16H23N3S/c1-4-17-11-14-7-8-18-12-16(14)19(3)13(2)10-15-6-5-9-20-15/h5-9,12-13,17H,4,10-11H2,1-3H3. The number of thiophene rings is 1. The lowest BCUT2D eigenvalue weighted by Crippen LogP contribution is -2.32. The Morgan fingerprint density at radius 3 is 2.95 bits per heavy atom. The predicted molar refractivity (Wildman–Crippen MR) is 87.5 cm³/mol. The van der Waals surface area contributed by atoms with Crippen LogP contribution in [0.5, 0.6) is 0 Å². The van der Waals surface area contributed by atoms with E-state index in [0.717, 1.165) is 19.5 Å². The van der Waals surface area contributed by atoms with Crippen molar-refractivity contribution in [1.29, 1.82) is 0 Å². The topological polar surface area (TPSA) is 28.2 Å². The highest BCUT2D eigenvalue weighted by Gasteiger charge is 2.14. The molecule has 2 aromatic heterocycles. The molecule has 1 unspecified atom stereocenters. The third-order valence-electron chi connectivity index (χ3n) is 3.57. The monoisotopic (exact) mass is 289 g/mol. The Morgan fingerprint density at radius 1 is 1.40 bits per heavy atom. The van der Waals surface area contributed by atoms with E-state index < -0.39 is 0 Å². The number of pyridine rings is 1. The van der Waals surface area contributed by atoms with Crippen LogP contribution in [0.25, 0.3) is 0 Å². The summed E-state index contributed by atoms with van der Waals surface area (Å²) in [6.07, 6.45) is 4.91.